The van der Waals surface area contributed by atoms with E-state index in [2.05, 4.69) is 0 Å². The van der Waals surface area contributed by atoms with Crippen LogP contribution in [0.2, 0.25) is 0 Å². The Labute approximate surface area is 220 Å². The lowest BCUT2D eigenvalue weighted by molar-refractivity contribution is -0.160. The van der Waals surface area contributed by atoms with Crippen molar-refractivity contribution in [2.75, 3.05) is 6.61 Å². The average Bonchev–Trinajstić information content (AvgIpc) is 2.87. The minimum atomic E-state index is -0.807. The van der Waals surface area contributed by atoms with Gasteiger partial charge in [0.05, 0.1) is 17.7 Å². The Hall–Kier alpha value is -3.73. The van der Waals surface area contributed by atoms with Crippen molar-refractivity contribution < 1.29 is 19.1 Å². The molecule has 0 bridgehead atoms. The highest BCUT2D eigenvalue weighted by Gasteiger charge is 2.34. The van der Waals surface area contributed by atoms with Gasteiger partial charge in [0.25, 0.3) is 0 Å². The molecule has 3 aromatic rings. The molecule has 0 N–H and O–H groups in total. The molecule has 0 amide bonds. The Balaban J connectivity index is 1.93. The Morgan fingerprint density at radius 2 is 1.30 bits per heavy atom. The van der Waals surface area contributed by atoms with Crippen LogP contribution < -0.4 is 0 Å². The van der Waals surface area contributed by atoms with Crippen molar-refractivity contribution in [2.24, 2.45) is 4.99 Å². The number of hydrogen-bond donors (Lipinski definition) is 0. The van der Waals surface area contributed by atoms with Gasteiger partial charge in [-0.15, -0.1) is 0 Å². The number of nitrogens with zero attached hydrogens (tertiary/aromatic N) is 1. The summed E-state index contributed by atoms with van der Waals surface area (Å²) >= 11 is 0. The minimum absolute atomic E-state index is 0.278. The van der Waals surface area contributed by atoms with Crippen LogP contribution in [0.3, 0.4) is 0 Å². The van der Waals surface area contributed by atoms with Crippen molar-refractivity contribution in [3.05, 3.63) is 107 Å². The third kappa shape index (κ3) is 7.63. The summed E-state index contributed by atoms with van der Waals surface area (Å²) in [6, 6.07) is 26.7. The van der Waals surface area contributed by atoms with E-state index < -0.39 is 17.1 Å². The molecule has 0 aliphatic rings. The molecule has 0 heterocycles. The van der Waals surface area contributed by atoms with Gasteiger partial charge in [-0.1, -0.05) is 84.9 Å². The van der Waals surface area contributed by atoms with Crippen molar-refractivity contribution in [2.45, 2.75) is 65.0 Å². The molecular weight excluding hydrogens is 462 g/mol. The van der Waals surface area contributed by atoms with Gasteiger partial charge in [0.1, 0.15) is 5.60 Å². The summed E-state index contributed by atoms with van der Waals surface area (Å²) in [4.78, 5) is 30.7. The quantitative estimate of drug-likeness (QED) is 0.255. The number of rotatable bonds is 9. The van der Waals surface area contributed by atoms with Crippen LogP contribution in [0.5, 0.6) is 0 Å². The van der Waals surface area contributed by atoms with Crippen LogP contribution in [0.25, 0.3) is 0 Å². The van der Waals surface area contributed by atoms with Crippen molar-refractivity contribution >= 4 is 17.7 Å². The molecule has 1 unspecified atom stereocenters. The highest BCUT2D eigenvalue weighted by Crippen LogP contribution is 2.28. The van der Waals surface area contributed by atoms with Gasteiger partial charge >= 0.3 is 11.9 Å². The van der Waals surface area contributed by atoms with Crippen LogP contribution in [0.1, 0.15) is 63.8 Å². The predicted octanol–water partition coefficient (Wildman–Crippen LogP) is 6.32. The molecule has 0 aliphatic heterocycles. The average molecular weight is 500 g/mol. The first kappa shape index (κ1) is 27.9. The number of esters is 2. The van der Waals surface area contributed by atoms with Crippen molar-refractivity contribution in [1.82, 2.24) is 0 Å². The normalized spacial score (nSPS) is 12.4. The number of aliphatic imine (C=N–C) groups is 1. The van der Waals surface area contributed by atoms with E-state index in [0.29, 0.717) is 6.42 Å². The second-order valence-corrected chi connectivity index (χ2v) is 10.5. The molecule has 37 heavy (non-hydrogen) atoms. The number of benzene rings is 3. The molecule has 3 aromatic carbocycles. The third-order valence-electron chi connectivity index (χ3n) is 5.95. The topological polar surface area (TPSA) is 65.0 Å². The van der Waals surface area contributed by atoms with Gasteiger partial charge in [-0.2, -0.15) is 0 Å². The first-order valence-electron chi connectivity index (χ1n) is 12.7. The van der Waals surface area contributed by atoms with Crippen LogP contribution in [0.4, 0.5) is 0 Å². The predicted molar refractivity (Wildman–Crippen MR) is 148 cm³/mol. The molecule has 194 valence electrons. The maximum Gasteiger partial charge on any atom is 0.331 e. The smallest absolute Gasteiger partial charge is 0.331 e. The molecule has 5 nitrogen and oxygen atoms in total. The van der Waals surface area contributed by atoms with Crippen LogP contribution in [0, 0.1) is 0 Å². The number of carbonyl (C=O) groups excluding carboxylic acids is 2. The second kappa shape index (κ2) is 12.0. The Morgan fingerprint density at radius 3 is 1.76 bits per heavy atom. The largest absolute Gasteiger partial charge is 0.464 e. The molecule has 0 fully saturated rings. The van der Waals surface area contributed by atoms with Crippen molar-refractivity contribution in [3.8, 4) is 0 Å². The summed E-state index contributed by atoms with van der Waals surface area (Å²) in [6.45, 7) is 11.4. The minimum Gasteiger partial charge on any atom is -0.464 e. The Bertz CT molecular complexity index is 1170. The SMILES string of the molecule is CCOC(=O)C(Cc1ccc(C(C)(C)C(=O)OC(C)(C)C)cc1)N=C(c1ccccc1)c1ccccc1. The summed E-state index contributed by atoms with van der Waals surface area (Å²) in [6.07, 6.45) is 0.370. The van der Waals surface area contributed by atoms with Crippen molar-refractivity contribution in [3.63, 3.8) is 0 Å². The second-order valence-electron chi connectivity index (χ2n) is 10.5. The zero-order valence-corrected chi connectivity index (χ0v) is 22.7. The highest BCUT2D eigenvalue weighted by molar-refractivity contribution is 6.13. The summed E-state index contributed by atoms with van der Waals surface area (Å²) in [5.41, 5.74) is 2.99. The third-order valence-corrected chi connectivity index (χ3v) is 5.95. The molecule has 5 heteroatoms. The van der Waals surface area contributed by atoms with E-state index in [1.54, 1.807) is 6.92 Å². The molecule has 0 spiro atoms. The lowest BCUT2D eigenvalue weighted by Crippen LogP contribution is -2.36. The van der Waals surface area contributed by atoms with Gasteiger partial charge in [0, 0.05) is 17.5 Å². The summed E-state index contributed by atoms with van der Waals surface area (Å²) in [5.74, 6) is -0.651. The fourth-order valence-electron chi connectivity index (χ4n) is 3.89. The molecule has 1 atom stereocenters. The number of carbonyl (C=O) groups is 2. The number of hydrogen-bond acceptors (Lipinski definition) is 5. The van der Waals surface area contributed by atoms with Gasteiger partial charge in [0.15, 0.2) is 6.04 Å². The van der Waals surface area contributed by atoms with E-state index in [4.69, 9.17) is 14.5 Å². The van der Waals surface area contributed by atoms with Crippen LogP contribution >= 0.6 is 0 Å². The van der Waals surface area contributed by atoms with E-state index >= 15 is 0 Å². The van der Waals surface area contributed by atoms with E-state index in [0.717, 1.165) is 28.0 Å². The Morgan fingerprint density at radius 1 is 0.784 bits per heavy atom. The molecule has 3 rings (SSSR count). The fourth-order valence-corrected chi connectivity index (χ4v) is 3.89. The molecule has 0 radical (unpaired) electrons. The van der Waals surface area contributed by atoms with Crippen LogP contribution in [-0.4, -0.2) is 35.9 Å². The van der Waals surface area contributed by atoms with E-state index in [-0.39, 0.29) is 18.5 Å². The van der Waals surface area contributed by atoms with Gasteiger partial charge in [0.2, 0.25) is 0 Å². The monoisotopic (exact) mass is 499 g/mol. The Kier molecular flexibility index (Phi) is 9.04. The maximum atomic E-state index is 13.0. The van der Waals surface area contributed by atoms with Gasteiger partial charge in [-0.25, -0.2) is 4.79 Å². The van der Waals surface area contributed by atoms with Crippen molar-refractivity contribution in [1.29, 1.82) is 0 Å². The highest BCUT2D eigenvalue weighted by atomic mass is 16.6. The molecule has 0 aliphatic carbocycles. The van der Waals surface area contributed by atoms with Crippen LogP contribution in [0.15, 0.2) is 89.9 Å². The fraction of sp³-hybridized carbons (Fsp3) is 0.344. The first-order chi connectivity index (χ1) is 17.5. The van der Waals surface area contributed by atoms with Gasteiger partial charge in [-0.3, -0.25) is 9.79 Å². The van der Waals surface area contributed by atoms with Gasteiger partial charge < -0.3 is 9.47 Å². The standard InChI is InChI=1S/C32H37NO4/c1-7-36-29(34)27(33-28(24-14-10-8-11-15-24)25-16-12-9-13-17-25)22-23-18-20-26(21-19-23)32(5,6)30(35)37-31(2,3)4/h8-21,27H,7,22H2,1-6H3. The summed E-state index contributed by atoms with van der Waals surface area (Å²) < 4.78 is 11.0. The number of ether oxygens (including phenoxy) is 2. The van der Waals surface area contributed by atoms with Crippen LogP contribution in [-0.2, 0) is 30.9 Å². The molecule has 0 saturated heterocycles. The van der Waals surface area contributed by atoms with Gasteiger partial charge in [-0.05, 0) is 52.7 Å². The molecule has 0 saturated carbocycles. The van der Waals surface area contributed by atoms with E-state index in [1.807, 2.05) is 120 Å². The summed E-state index contributed by atoms with van der Waals surface area (Å²) in [7, 11) is 0. The molecular formula is C32H37NO4. The first-order valence-corrected chi connectivity index (χ1v) is 12.7. The lowest BCUT2D eigenvalue weighted by atomic mass is 9.84. The lowest BCUT2D eigenvalue weighted by Gasteiger charge is -2.29. The van der Waals surface area contributed by atoms with E-state index in [9.17, 15) is 9.59 Å². The maximum absolute atomic E-state index is 13.0. The van der Waals surface area contributed by atoms with E-state index in [1.165, 1.54) is 0 Å². The zero-order chi connectivity index (χ0) is 27.1. The molecule has 0 aromatic heterocycles. The zero-order valence-electron chi connectivity index (χ0n) is 22.7. The summed E-state index contributed by atoms with van der Waals surface area (Å²) in [5, 5.41) is 0.